The molecule has 0 bridgehead atoms. The molecule has 0 spiro atoms. The van der Waals surface area contributed by atoms with E-state index in [0.717, 1.165) is 28.1 Å². The lowest BCUT2D eigenvalue weighted by Crippen LogP contribution is -2.06. The van der Waals surface area contributed by atoms with Gasteiger partial charge in [0.05, 0.1) is 24.7 Å². The molecule has 20 heavy (non-hydrogen) atoms. The molecular formula is C15H18N2O3. The summed E-state index contributed by atoms with van der Waals surface area (Å²) in [5, 5.41) is 13.3. The SMILES string of the molecule is COc1c(C)cc(-n2ncc(C(=O)O)c2C)c(C)c1C. The highest BCUT2D eigenvalue weighted by Crippen LogP contribution is 2.31. The molecule has 0 saturated heterocycles. The number of aryl methyl sites for hydroxylation is 1. The Hall–Kier alpha value is -2.30. The predicted octanol–water partition coefficient (Wildman–Crippen LogP) is 2.81. The van der Waals surface area contributed by atoms with Gasteiger partial charge in [-0.25, -0.2) is 9.48 Å². The number of benzene rings is 1. The van der Waals surface area contributed by atoms with Crippen molar-refractivity contribution in [1.82, 2.24) is 9.78 Å². The molecule has 5 heteroatoms. The van der Waals surface area contributed by atoms with Gasteiger partial charge in [0.2, 0.25) is 0 Å². The monoisotopic (exact) mass is 274 g/mol. The zero-order valence-electron chi connectivity index (χ0n) is 12.3. The lowest BCUT2D eigenvalue weighted by atomic mass is 10.0. The topological polar surface area (TPSA) is 64.4 Å². The van der Waals surface area contributed by atoms with E-state index in [0.29, 0.717) is 5.69 Å². The molecule has 0 aliphatic carbocycles. The van der Waals surface area contributed by atoms with Crippen LogP contribution in [0.2, 0.25) is 0 Å². The Balaban J connectivity index is 2.68. The number of carboxylic acids is 1. The van der Waals surface area contributed by atoms with Crippen LogP contribution < -0.4 is 4.74 Å². The molecule has 1 aromatic carbocycles. The molecule has 0 amide bonds. The largest absolute Gasteiger partial charge is 0.496 e. The predicted molar refractivity (Wildman–Crippen MR) is 76.0 cm³/mol. The van der Waals surface area contributed by atoms with Gasteiger partial charge in [-0.3, -0.25) is 0 Å². The summed E-state index contributed by atoms with van der Waals surface area (Å²) in [6, 6.07) is 1.97. The quantitative estimate of drug-likeness (QED) is 0.934. The fourth-order valence-corrected chi connectivity index (χ4v) is 2.43. The van der Waals surface area contributed by atoms with Crippen molar-refractivity contribution in [1.29, 1.82) is 0 Å². The van der Waals surface area contributed by atoms with Crippen LogP contribution in [-0.2, 0) is 0 Å². The Bertz CT molecular complexity index is 687. The second kappa shape index (κ2) is 5.00. The molecule has 106 valence electrons. The molecule has 0 aliphatic rings. The highest BCUT2D eigenvalue weighted by Gasteiger charge is 2.17. The van der Waals surface area contributed by atoms with Gasteiger partial charge in [-0.2, -0.15) is 5.10 Å². The number of nitrogens with zero attached hydrogens (tertiary/aromatic N) is 2. The summed E-state index contributed by atoms with van der Waals surface area (Å²) >= 11 is 0. The summed E-state index contributed by atoms with van der Waals surface area (Å²) in [6.45, 7) is 7.69. The molecule has 0 unspecified atom stereocenters. The molecule has 0 saturated carbocycles. The first-order valence-corrected chi connectivity index (χ1v) is 6.31. The van der Waals surface area contributed by atoms with Crippen molar-refractivity contribution < 1.29 is 14.6 Å². The molecule has 1 heterocycles. The average molecular weight is 274 g/mol. The number of carboxylic acid groups (broad SMARTS) is 1. The van der Waals surface area contributed by atoms with Crippen LogP contribution in [0.4, 0.5) is 0 Å². The highest BCUT2D eigenvalue weighted by molar-refractivity contribution is 5.88. The van der Waals surface area contributed by atoms with Crippen molar-refractivity contribution in [3.63, 3.8) is 0 Å². The first-order chi connectivity index (χ1) is 9.38. The minimum Gasteiger partial charge on any atom is -0.496 e. The molecule has 2 aromatic rings. The number of rotatable bonds is 3. The Morgan fingerprint density at radius 3 is 2.40 bits per heavy atom. The van der Waals surface area contributed by atoms with Crippen LogP contribution in [0, 0.1) is 27.7 Å². The molecule has 0 radical (unpaired) electrons. The zero-order chi connectivity index (χ0) is 15.0. The maximum Gasteiger partial charge on any atom is 0.339 e. The molecule has 0 fully saturated rings. The van der Waals surface area contributed by atoms with Crippen LogP contribution in [-0.4, -0.2) is 28.0 Å². The number of aromatic carboxylic acids is 1. The number of ether oxygens (including phenoxy) is 1. The summed E-state index contributed by atoms with van der Waals surface area (Å²) in [6.07, 6.45) is 1.38. The van der Waals surface area contributed by atoms with Gasteiger partial charge in [-0.1, -0.05) is 0 Å². The van der Waals surface area contributed by atoms with Crippen LogP contribution in [0.5, 0.6) is 5.75 Å². The minimum absolute atomic E-state index is 0.218. The second-order valence-electron chi connectivity index (χ2n) is 4.86. The maximum atomic E-state index is 11.1. The van der Waals surface area contributed by atoms with Gasteiger partial charge >= 0.3 is 5.97 Å². The van der Waals surface area contributed by atoms with E-state index in [1.54, 1.807) is 18.7 Å². The molecule has 1 N–H and O–H groups in total. The fraction of sp³-hybridized carbons (Fsp3) is 0.333. The van der Waals surface area contributed by atoms with Crippen LogP contribution in [0.25, 0.3) is 5.69 Å². The number of aromatic nitrogens is 2. The number of hydrogen-bond donors (Lipinski definition) is 1. The summed E-state index contributed by atoms with van der Waals surface area (Å²) in [4.78, 5) is 11.1. The third-order valence-electron chi connectivity index (χ3n) is 3.67. The van der Waals surface area contributed by atoms with Crippen LogP contribution in [0.3, 0.4) is 0 Å². The van der Waals surface area contributed by atoms with Crippen molar-refractivity contribution in [2.45, 2.75) is 27.7 Å². The van der Waals surface area contributed by atoms with Crippen molar-refractivity contribution >= 4 is 5.97 Å². The highest BCUT2D eigenvalue weighted by atomic mass is 16.5. The lowest BCUT2D eigenvalue weighted by Gasteiger charge is -2.16. The van der Waals surface area contributed by atoms with Gasteiger partial charge in [0.1, 0.15) is 11.3 Å². The Morgan fingerprint density at radius 1 is 1.25 bits per heavy atom. The van der Waals surface area contributed by atoms with Gasteiger partial charge in [-0.15, -0.1) is 0 Å². The van der Waals surface area contributed by atoms with E-state index in [4.69, 9.17) is 9.84 Å². The van der Waals surface area contributed by atoms with Crippen molar-refractivity contribution in [2.75, 3.05) is 7.11 Å². The van der Waals surface area contributed by atoms with E-state index in [1.165, 1.54) is 6.20 Å². The summed E-state index contributed by atoms with van der Waals surface area (Å²) in [5.41, 5.74) is 4.77. The van der Waals surface area contributed by atoms with Gasteiger partial charge < -0.3 is 9.84 Å². The van der Waals surface area contributed by atoms with Crippen molar-refractivity contribution in [3.05, 3.63) is 40.2 Å². The fourth-order valence-electron chi connectivity index (χ4n) is 2.43. The minimum atomic E-state index is -0.964. The Labute approximate surface area is 117 Å². The Morgan fingerprint density at radius 2 is 1.90 bits per heavy atom. The van der Waals surface area contributed by atoms with Gasteiger partial charge in [0.25, 0.3) is 0 Å². The smallest absolute Gasteiger partial charge is 0.339 e. The van der Waals surface area contributed by atoms with Crippen LogP contribution in [0.15, 0.2) is 12.3 Å². The summed E-state index contributed by atoms with van der Waals surface area (Å²) < 4.78 is 7.06. The first-order valence-electron chi connectivity index (χ1n) is 6.31. The third-order valence-corrected chi connectivity index (χ3v) is 3.67. The maximum absolute atomic E-state index is 11.1. The normalized spacial score (nSPS) is 10.7. The molecule has 1 aromatic heterocycles. The molecule has 5 nitrogen and oxygen atoms in total. The number of methoxy groups -OCH3 is 1. The van der Waals surface area contributed by atoms with E-state index in [-0.39, 0.29) is 5.56 Å². The van der Waals surface area contributed by atoms with E-state index in [1.807, 2.05) is 26.8 Å². The summed E-state index contributed by atoms with van der Waals surface area (Å²) in [7, 11) is 1.65. The lowest BCUT2D eigenvalue weighted by molar-refractivity contribution is 0.0696. The van der Waals surface area contributed by atoms with Gasteiger partial charge in [0, 0.05) is 0 Å². The van der Waals surface area contributed by atoms with Crippen molar-refractivity contribution in [2.24, 2.45) is 0 Å². The second-order valence-corrected chi connectivity index (χ2v) is 4.86. The van der Waals surface area contributed by atoms with E-state index < -0.39 is 5.97 Å². The Kier molecular flexibility index (Phi) is 3.53. The molecule has 0 aliphatic heterocycles. The van der Waals surface area contributed by atoms with Gasteiger partial charge in [0.15, 0.2) is 0 Å². The molecule has 0 atom stereocenters. The standard InChI is InChI=1S/C15H18N2O3/c1-8-6-13(9(2)10(3)14(8)20-5)17-11(4)12(7-16-17)15(18)19/h6-7H,1-5H3,(H,18,19). The van der Waals surface area contributed by atoms with Crippen LogP contribution >= 0.6 is 0 Å². The van der Waals surface area contributed by atoms with E-state index in [9.17, 15) is 4.79 Å². The first kappa shape index (κ1) is 14.1. The molecule has 2 rings (SSSR count). The van der Waals surface area contributed by atoms with Crippen molar-refractivity contribution in [3.8, 4) is 11.4 Å². The number of hydrogen-bond acceptors (Lipinski definition) is 3. The van der Waals surface area contributed by atoms with E-state index >= 15 is 0 Å². The number of carbonyl (C=O) groups is 1. The third kappa shape index (κ3) is 2.05. The summed E-state index contributed by atoms with van der Waals surface area (Å²) in [5.74, 6) is -0.108. The van der Waals surface area contributed by atoms with Crippen LogP contribution in [0.1, 0.15) is 32.7 Å². The van der Waals surface area contributed by atoms with Gasteiger partial charge in [-0.05, 0) is 50.5 Å². The average Bonchev–Trinajstić information content (AvgIpc) is 2.76. The van der Waals surface area contributed by atoms with E-state index in [2.05, 4.69) is 5.10 Å². The zero-order valence-corrected chi connectivity index (χ0v) is 12.3. The molecular weight excluding hydrogens is 256 g/mol.